The van der Waals surface area contributed by atoms with Gasteiger partial charge in [0.15, 0.2) is 0 Å². The smallest absolute Gasteiger partial charge is 0.127 e. The number of nitrogens with zero attached hydrogens (tertiary/aromatic N) is 2. The second-order valence-corrected chi connectivity index (χ2v) is 7.42. The Bertz CT molecular complexity index is 806. The lowest BCUT2D eigenvalue weighted by Gasteiger charge is -2.45. The van der Waals surface area contributed by atoms with Gasteiger partial charge in [0.25, 0.3) is 0 Å². The highest BCUT2D eigenvalue weighted by Crippen LogP contribution is 2.49. The largest absolute Gasteiger partial charge is 0.378 e. The van der Waals surface area contributed by atoms with E-state index < -0.39 is 0 Å². The summed E-state index contributed by atoms with van der Waals surface area (Å²) < 4.78 is 20.1. The minimum atomic E-state index is -0.146. The highest BCUT2D eigenvalue weighted by atomic mass is 19.1. The Balaban J connectivity index is 1.64. The Morgan fingerprint density at radius 2 is 1.77 bits per heavy atom. The Morgan fingerprint density at radius 1 is 1.00 bits per heavy atom. The maximum atomic E-state index is 14.6. The molecule has 1 unspecified atom stereocenters. The Hall–Kier alpha value is -2.11. The second-order valence-electron chi connectivity index (χ2n) is 7.42. The molecular formula is C21H24FN3O. The molecule has 2 fully saturated rings. The molecule has 2 aromatic carbocycles. The van der Waals surface area contributed by atoms with Crippen LogP contribution in [0.1, 0.15) is 11.1 Å². The van der Waals surface area contributed by atoms with Crippen LogP contribution in [0.2, 0.25) is 0 Å². The Labute approximate surface area is 153 Å². The molecule has 1 N–H and O–H groups in total. The van der Waals surface area contributed by atoms with Crippen LogP contribution >= 0.6 is 0 Å². The van der Waals surface area contributed by atoms with E-state index in [1.54, 1.807) is 12.1 Å². The van der Waals surface area contributed by atoms with E-state index in [1.165, 1.54) is 11.1 Å². The van der Waals surface area contributed by atoms with Gasteiger partial charge in [-0.3, -0.25) is 0 Å². The van der Waals surface area contributed by atoms with Crippen LogP contribution in [0.4, 0.5) is 15.8 Å². The van der Waals surface area contributed by atoms with Crippen molar-refractivity contribution in [1.82, 2.24) is 5.32 Å². The summed E-state index contributed by atoms with van der Waals surface area (Å²) in [5.74, 6) is -0.146. The summed E-state index contributed by atoms with van der Waals surface area (Å²) in [7, 11) is 0. The zero-order valence-corrected chi connectivity index (χ0v) is 14.9. The molecule has 26 heavy (non-hydrogen) atoms. The lowest BCUT2D eigenvalue weighted by molar-refractivity contribution is 0.122. The number of nitrogens with one attached hydrogen (secondary N) is 1. The van der Waals surface area contributed by atoms with E-state index in [4.69, 9.17) is 4.74 Å². The van der Waals surface area contributed by atoms with Crippen LogP contribution in [-0.2, 0) is 16.7 Å². The molecule has 136 valence electrons. The molecule has 0 aromatic heterocycles. The van der Waals surface area contributed by atoms with E-state index in [1.807, 2.05) is 0 Å². The second kappa shape index (κ2) is 6.25. The van der Waals surface area contributed by atoms with Crippen molar-refractivity contribution < 1.29 is 9.13 Å². The third-order valence-corrected chi connectivity index (χ3v) is 6.04. The molecule has 5 heteroatoms. The number of morpholine rings is 1. The van der Waals surface area contributed by atoms with Crippen molar-refractivity contribution in [3.63, 3.8) is 0 Å². The number of rotatable bonds is 2. The van der Waals surface area contributed by atoms with Crippen molar-refractivity contribution in [2.45, 2.75) is 12.0 Å². The molecule has 2 saturated heterocycles. The maximum Gasteiger partial charge on any atom is 0.127 e. The predicted octanol–water partition coefficient (Wildman–Crippen LogP) is 2.52. The average Bonchev–Trinajstić information content (AvgIpc) is 3.04. The van der Waals surface area contributed by atoms with Gasteiger partial charge < -0.3 is 19.9 Å². The summed E-state index contributed by atoms with van der Waals surface area (Å²) in [6.07, 6.45) is 0.909. The molecule has 3 heterocycles. The number of ether oxygens (including phenoxy) is 1. The fourth-order valence-electron chi connectivity index (χ4n) is 4.82. The minimum Gasteiger partial charge on any atom is -0.378 e. The molecule has 1 atom stereocenters. The first-order chi connectivity index (χ1) is 12.8. The molecule has 0 spiro atoms. The van der Waals surface area contributed by atoms with Crippen LogP contribution in [0.25, 0.3) is 0 Å². The maximum absolute atomic E-state index is 14.6. The van der Waals surface area contributed by atoms with Crippen LogP contribution in [0.3, 0.4) is 0 Å². The first-order valence-electron chi connectivity index (χ1n) is 9.47. The highest BCUT2D eigenvalue weighted by Gasteiger charge is 2.47. The van der Waals surface area contributed by atoms with Gasteiger partial charge in [-0.1, -0.05) is 30.3 Å². The van der Waals surface area contributed by atoms with Gasteiger partial charge in [0.05, 0.1) is 18.8 Å². The monoisotopic (exact) mass is 353 g/mol. The summed E-state index contributed by atoms with van der Waals surface area (Å²) in [4.78, 5) is 4.72. The topological polar surface area (TPSA) is 27.7 Å². The van der Waals surface area contributed by atoms with Crippen molar-refractivity contribution in [2.24, 2.45) is 0 Å². The van der Waals surface area contributed by atoms with Gasteiger partial charge >= 0.3 is 0 Å². The van der Waals surface area contributed by atoms with Crippen LogP contribution in [0.15, 0.2) is 42.5 Å². The zero-order chi connectivity index (χ0) is 17.6. The number of anilines is 2. The average molecular weight is 353 g/mol. The molecule has 0 saturated carbocycles. The minimum absolute atomic E-state index is 0.128. The van der Waals surface area contributed by atoms with E-state index in [0.29, 0.717) is 13.2 Å². The van der Waals surface area contributed by atoms with E-state index in [9.17, 15) is 4.39 Å². The first-order valence-corrected chi connectivity index (χ1v) is 9.47. The van der Waals surface area contributed by atoms with Crippen molar-refractivity contribution in [3.8, 4) is 0 Å². The van der Waals surface area contributed by atoms with Crippen LogP contribution in [0.5, 0.6) is 0 Å². The van der Waals surface area contributed by atoms with Crippen LogP contribution < -0.4 is 15.1 Å². The van der Waals surface area contributed by atoms with Gasteiger partial charge in [-0.25, -0.2) is 4.39 Å². The van der Waals surface area contributed by atoms with Gasteiger partial charge in [0.2, 0.25) is 0 Å². The Morgan fingerprint density at radius 3 is 2.58 bits per heavy atom. The fourth-order valence-corrected chi connectivity index (χ4v) is 4.82. The van der Waals surface area contributed by atoms with E-state index >= 15 is 0 Å². The third-order valence-electron chi connectivity index (χ3n) is 6.04. The van der Waals surface area contributed by atoms with Crippen LogP contribution in [0, 0.1) is 5.82 Å². The standard InChI is InChI=1S/C21H24FN3O/c22-17-12-19(24-8-10-26-11-9-24)18-14-21(16-4-2-1-3-5-16)15-23-6-7-25(21)20(18)13-17/h1-5,12-13,23H,6-11,14-15H2. The number of halogens is 1. The SMILES string of the molecule is Fc1cc(N2CCOCC2)c2c(c1)N1CCNCC1(c1ccccc1)C2. The first kappa shape index (κ1) is 16.1. The molecule has 4 nitrogen and oxygen atoms in total. The summed E-state index contributed by atoms with van der Waals surface area (Å²) in [6.45, 7) is 5.78. The zero-order valence-electron chi connectivity index (χ0n) is 14.9. The lowest BCUT2D eigenvalue weighted by atomic mass is 9.84. The molecule has 3 aliphatic rings. The molecule has 0 bridgehead atoms. The number of piperazine rings is 1. The number of benzene rings is 2. The third kappa shape index (κ3) is 2.42. The summed E-state index contributed by atoms with van der Waals surface area (Å²) >= 11 is 0. The molecular weight excluding hydrogens is 329 g/mol. The summed E-state index contributed by atoms with van der Waals surface area (Å²) in [6, 6.07) is 14.1. The van der Waals surface area contributed by atoms with Gasteiger partial charge in [-0.15, -0.1) is 0 Å². The van der Waals surface area contributed by atoms with Crippen molar-refractivity contribution in [2.75, 3.05) is 55.7 Å². The molecule has 2 aromatic rings. The van der Waals surface area contributed by atoms with E-state index in [0.717, 1.165) is 50.5 Å². The highest BCUT2D eigenvalue weighted by molar-refractivity contribution is 5.74. The number of hydrogen-bond acceptors (Lipinski definition) is 4. The lowest BCUT2D eigenvalue weighted by Crippen LogP contribution is -2.57. The van der Waals surface area contributed by atoms with Crippen molar-refractivity contribution in [1.29, 1.82) is 0 Å². The fraction of sp³-hybridized carbons (Fsp3) is 0.429. The van der Waals surface area contributed by atoms with E-state index in [2.05, 4.69) is 45.4 Å². The summed E-state index contributed by atoms with van der Waals surface area (Å²) in [5, 5.41) is 3.57. The van der Waals surface area contributed by atoms with Crippen molar-refractivity contribution in [3.05, 3.63) is 59.4 Å². The van der Waals surface area contributed by atoms with Gasteiger partial charge in [0, 0.05) is 56.1 Å². The Kier molecular flexibility index (Phi) is 3.87. The number of hydrogen-bond donors (Lipinski definition) is 1. The molecule has 3 aliphatic heterocycles. The van der Waals surface area contributed by atoms with Crippen LogP contribution in [-0.4, -0.2) is 45.9 Å². The predicted molar refractivity (Wildman–Crippen MR) is 101 cm³/mol. The molecule has 5 rings (SSSR count). The van der Waals surface area contributed by atoms with E-state index in [-0.39, 0.29) is 11.4 Å². The van der Waals surface area contributed by atoms with Gasteiger partial charge in [-0.2, -0.15) is 0 Å². The van der Waals surface area contributed by atoms with Gasteiger partial charge in [-0.05, 0) is 17.7 Å². The normalized spacial score (nSPS) is 25.1. The molecule has 0 aliphatic carbocycles. The summed E-state index contributed by atoms with van der Waals surface area (Å²) in [5.41, 5.74) is 4.57. The van der Waals surface area contributed by atoms with Gasteiger partial charge in [0.1, 0.15) is 5.82 Å². The molecule has 0 amide bonds. The quantitative estimate of drug-likeness (QED) is 0.898. The van der Waals surface area contributed by atoms with Crippen molar-refractivity contribution >= 4 is 11.4 Å². The number of fused-ring (bicyclic) bond motifs is 3. The molecule has 0 radical (unpaired) electrons.